The Labute approximate surface area is 200 Å². The van der Waals surface area contributed by atoms with Crippen molar-refractivity contribution in [2.75, 3.05) is 27.2 Å². The molecule has 0 radical (unpaired) electrons. The molecule has 2 amide bonds. The molecule has 0 saturated heterocycles. The van der Waals surface area contributed by atoms with E-state index in [2.05, 4.69) is 13.8 Å². The molecule has 0 unspecified atom stereocenters. The van der Waals surface area contributed by atoms with E-state index in [-0.39, 0.29) is 11.8 Å². The lowest BCUT2D eigenvalue weighted by Crippen LogP contribution is -2.37. The molecule has 0 saturated carbocycles. The van der Waals surface area contributed by atoms with Crippen molar-refractivity contribution in [2.45, 2.75) is 142 Å². The van der Waals surface area contributed by atoms with E-state index in [4.69, 9.17) is 0 Å². The first-order valence-electron chi connectivity index (χ1n) is 14.0. The molecule has 0 atom stereocenters. The zero-order valence-electron chi connectivity index (χ0n) is 22.3. The lowest BCUT2D eigenvalue weighted by atomic mass is 10.1. The number of unbranched alkanes of at least 4 members (excludes halogenated alkanes) is 16. The molecule has 0 spiro atoms. The Bertz CT molecular complexity index is 399. The van der Waals surface area contributed by atoms with Crippen LogP contribution in [0.2, 0.25) is 0 Å². The van der Waals surface area contributed by atoms with Crippen molar-refractivity contribution in [1.82, 2.24) is 9.80 Å². The minimum atomic E-state index is 0.215. The minimum Gasteiger partial charge on any atom is -0.344 e. The second-order valence-electron chi connectivity index (χ2n) is 9.79. The summed E-state index contributed by atoms with van der Waals surface area (Å²) in [6, 6.07) is 0. The molecule has 0 aliphatic rings. The van der Waals surface area contributed by atoms with Gasteiger partial charge in [0.2, 0.25) is 11.8 Å². The van der Waals surface area contributed by atoms with E-state index in [1.165, 1.54) is 89.9 Å². The van der Waals surface area contributed by atoms with E-state index in [9.17, 15) is 9.59 Å². The molecule has 0 aliphatic carbocycles. The van der Waals surface area contributed by atoms with Crippen LogP contribution in [0, 0.1) is 0 Å². The molecule has 0 rings (SSSR count). The predicted octanol–water partition coefficient (Wildman–Crippen LogP) is 7.75. The molecule has 0 bridgehead atoms. The summed E-state index contributed by atoms with van der Waals surface area (Å²) < 4.78 is 0. The van der Waals surface area contributed by atoms with Gasteiger partial charge in [0.1, 0.15) is 0 Å². The molecule has 0 fully saturated rings. The molecule has 0 aromatic rings. The summed E-state index contributed by atoms with van der Waals surface area (Å²) >= 11 is 0. The Hall–Kier alpha value is -1.06. The van der Waals surface area contributed by atoms with Crippen molar-refractivity contribution in [3.8, 4) is 0 Å². The summed E-state index contributed by atoms with van der Waals surface area (Å²) in [7, 11) is 3.74. The second kappa shape index (κ2) is 23.1. The molecular formula is C28H56N2O2. The summed E-state index contributed by atoms with van der Waals surface area (Å²) in [5.41, 5.74) is 0. The zero-order valence-corrected chi connectivity index (χ0v) is 22.3. The molecular weight excluding hydrogens is 396 g/mol. The van der Waals surface area contributed by atoms with Crippen molar-refractivity contribution in [3.05, 3.63) is 0 Å². The predicted molar refractivity (Wildman–Crippen MR) is 139 cm³/mol. The number of hydrogen-bond donors (Lipinski definition) is 0. The average molecular weight is 453 g/mol. The molecule has 4 nitrogen and oxygen atoms in total. The average Bonchev–Trinajstić information content (AvgIpc) is 2.79. The number of carbonyl (C=O) groups excluding carboxylic acids is 2. The largest absolute Gasteiger partial charge is 0.344 e. The molecule has 0 aromatic carbocycles. The fourth-order valence-electron chi connectivity index (χ4n) is 4.10. The fraction of sp³-hybridized carbons (Fsp3) is 0.929. The van der Waals surface area contributed by atoms with Crippen LogP contribution >= 0.6 is 0 Å². The van der Waals surface area contributed by atoms with Gasteiger partial charge in [-0.1, -0.05) is 117 Å². The molecule has 0 aromatic heterocycles. The first kappa shape index (κ1) is 30.9. The van der Waals surface area contributed by atoms with Gasteiger partial charge in [-0.05, 0) is 12.8 Å². The highest BCUT2D eigenvalue weighted by molar-refractivity contribution is 5.77. The van der Waals surface area contributed by atoms with Crippen LogP contribution in [0.3, 0.4) is 0 Å². The first-order valence-corrected chi connectivity index (χ1v) is 14.0. The van der Waals surface area contributed by atoms with Gasteiger partial charge >= 0.3 is 0 Å². The maximum Gasteiger partial charge on any atom is 0.222 e. The van der Waals surface area contributed by atoms with Crippen LogP contribution in [0.1, 0.15) is 142 Å². The van der Waals surface area contributed by atoms with E-state index in [0.29, 0.717) is 25.9 Å². The Balaban J connectivity index is 3.63. The smallest absolute Gasteiger partial charge is 0.222 e. The van der Waals surface area contributed by atoms with Gasteiger partial charge in [-0.25, -0.2) is 0 Å². The van der Waals surface area contributed by atoms with Crippen molar-refractivity contribution in [1.29, 1.82) is 0 Å². The number of carbonyl (C=O) groups is 2. The van der Waals surface area contributed by atoms with Crippen LogP contribution in [0.4, 0.5) is 0 Å². The third kappa shape index (κ3) is 19.6. The summed E-state index contributed by atoms with van der Waals surface area (Å²) in [5.74, 6) is 0.431. The van der Waals surface area contributed by atoms with E-state index in [1.807, 2.05) is 14.1 Å². The Morgan fingerprint density at radius 3 is 0.969 bits per heavy atom. The van der Waals surface area contributed by atoms with Gasteiger partial charge < -0.3 is 9.80 Å². The van der Waals surface area contributed by atoms with Crippen molar-refractivity contribution >= 4 is 11.8 Å². The summed E-state index contributed by atoms with van der Waals surface area (Å²) in [5, 5.41) is 0. The second-order valence-corrected chi connectivity index (χ2v) is 9.79. The number of likely N-dealkylation sites (N-methyl/N-ethyl adjacent to an activating group) is 2. The van der Waals surface area contributed by atoms with Crippen LogP contribution in [-0.4, -0.2) is 48.8 Å². The van der Waals surface area contributed by atoms with E-state index < -0.39 is 0 Å². The standard InChI is InChI=1S/C28H56N2O2/c1-5-7-9-11-13-15-17-19-21-23-27(31)29(3)25-26-30(4)28(32)24-22-20-18-16-14-12-10-8-6-2/h5-26H2,1-4H3. The van der Waals surface area contributed by atoms with Crippen LogP contribution in [0.15, 0.2) is 0 Å². The molecule has 32 heavy (non-hydrogen) atoms. The van der Waals surface area contributed by atoms with Gasteiger partial charge in [0.15, 0.2) is 0 Å². The Kier molecular flexibility index (Phi) is 22.3. The molecule has 0 N–H and O–H groups in total. The van der Waals surface area contributed by atoms with Crippen LogP contribution < -0.4 is 0 Å². The van der Waals surface area contributed by atoms with Gasteiger partial charge in [-0.15, -0.1) is 0 Å². The van der Waals surface area contributed by atoms with Crippen molar-refractivity contribution in [2.24, 2.45) is 0 Å². The lowest BCUT2D eigenvalue weighted by Gasteiger charge is -2.22. The number of nitrogens with zero attached hydrogens (tertiary/aromatic N) is 2. The topological polar surface area (TPSA) is 40.6 Å². The highest BCUT2D eigenvalue weighted by atomic mass is 16.2. The van der Waals surface area contributed by atoms with Gasteiger partial charge in [-0.2, -0.15) is 0 Å². The zero-order chi connectivity index (χ0) is 23.9. The van der Waals surface area contributed by atoms with Gasteiger partial charge in [-0.3, -0.25) is 9.59 Å². The van der Waals surface area contributed by atoms with Gasteiger partial charge in [0, 0.05) is 40.0 Å². The number of hydrogen-bond acceptors (Lipinski definition) is 2. The summed E-state index contributed by atoms with van der Waals surface area (Å²) in [4.78, 5) is 28.2. The maximum atomic E-state index is 12.3. The monoisotopic (exact) mass is 452 g/mol. The number of rotatable bonds is 23. The molecule has 0 aliphatic heterocycles. The molecule has 4 heteroatoms. The van der Waals surface area contributed by atoms with Crippen LogP contribution in [0.5, 0.6) is 0 Å². The molecule has 0 heterocycles. The quantitative estimate of drug-likeness (QED) is 0.149. The van der Waals surface area contributed by atoms with E-state index in [1.54, 1.807) is 9.80 Å². The normalized spacial score (nSPS) is 11.0. The highest BCUT2D eigenvalue weighted by Crippen LogP contribution is 2.12. The van der Waals surface area contributed by atoms with Gasteiger partial charge in [0.05, 0.1) is 0 Å². The van der Waals surface area contributed by atoms with Crippen LogP contribution in [0.25, 0.3) is 0 Å². The number of amides is 2. The van der Waals surface area contributed by atoms with Gasteiger partial charge in [0.25, 0.3) is 0 Å². The van der Waals surface area contributed by atoms with E-state index in [0.717, 1.165) is 25.7 Å². The van der Waals surface area contributed by atoms with Crippen molar-refractivity contribution < 1.29 is 9.59 Å². The first-order chi connectivity index (χ1) is 15.5. The third-order valence-electron chi connectivity index (χ3n) is 6.61. The van der Waals surface area contributed by atoms with Crippen molar-refractivity contribution in [3.63, 3.8) is 0 Å². The SMILES string of the molecule is CCCCCCCCCCCC(=O)N(C)CCN(C)C(=O)CCCCCCCCCCC. The maximum absolute atomic E-state index is 12.3. The Morgan fingerprint density at radius 2 is 0.688 bits per heavy atom. The highest BCUT2D eigenvalue weighted by Gasteiger charge is 2.12. The minimum absolute atomic E-state index is 0.215. The van der Waals surface area contributed by atoms with Crippen LogP contribution in [-0.2, 0) is 9.59 Å². The lowest BCUT2D eigenvalue weighted by molar-refractivity contribution is -0.133. The fourth-order valence-corrected chi connectivity index (χ4v) is 4.10. The molecule has 190 valence electrons. The summed E-state index contributed by atoms with van der Waals surface area (Å²) in [6.07, 6.45) is 24.2. The van der Waals surface area contributed by atoms with E-state index >= 15 is 0 Å². The third-order valence-corrected chi connectivity index (χ3v) is 6.61. The summed E-state index contributed by atoms with van der Waals surface area (Å²) in [6.45, 7) is 5.78. The Morgan fingerprint density at radius 1 is 0.438 bits per heavy atom.